The normalized spacial score (nSPS) is 12.6. The topological polar surface area (TPSA) is 99.2 Å². The maximum Gasteiger partial charge on any atom is 0.287 e. The summed E-state index contributed by atoms with van der Waals surface area (Å²) in [4.78, 5) is 10.1. The third-order valence-corrected chi connectivity index (χ3v) is 2.81. The Kier molecular flexibility index (Phi) is 4.46. The molecule has 1 atom stereocenters. The first-order chi connectivity index (χ1) is 8.75. The molecule has 6 heteroatoms. The SMILES string of the molecule is CC(C)(C)C(O)CNc1ccc([N+](=O)[O-])c(C#N)c1. The first kappa shape index (κ1) is 14.9. The van der Waals surface area contributed by atoms with Crippen molar-refractivity contribution in [3.8, 4) is 6.07 Å². The number of nitro benzene ring substituents is 1. The van der Waals surface area contributed by atoms with Gasteiger partial charge in [0.25, 0.3) is 5.69 Å². The van der Waals surface area contributed by atoms with E-state index in [1.807, 2.05) is 20.8 Å². The number of aliphatic hydroxyl groups excluding tert-OH is 1. The predicted molar refractivity (Wildman–Crippen MR) is 71.8 cm³/mol. The van der Waals surface area contributed by atoms with Crippen molar-refractivity contribution >= 4 is 11.4 Å². The van der Waals surface area contributed by atoms with Crippen LogP contribution in [0.1, 0.15) is 26.3 Å². The van der Waals surface area contributed by atoms with E-state index in [0.717, 1.165) is 0 Å². The van der Waals surface area contributed by atoms with Crippen LogP contribution in [0.4, 0.5) is 11.4 Å². The minimum Gasteiger partial charge on any atom is -0.391 e. The highest BCUT2D eigenvalue weighted by Crippen LogP contribution is 2.23. The second-order valence-electron chi connectivity index (χ2n) is 5.36. The molecule has 0 aliphatic heterocycles. The zero-order valence-corrected chi connectivity index (χ0v) is 11.2. The number of nitro groups is 1. The zero-order valence-electron chi connectivity index (χ0n) is 11.2. The Morgan fingerprint density at radius 2 is 2.16 bits per heavy atom. The van der Waals surface area contributed by atoms with Crippen LogP contribution in [0.15, 0.2) is 18.2 Å². The van der Waals surface area contributed by atoms with Gasteiger partial charge in [-0.15, -0.1) is 0 Å². The third kappa shape index (κ3) is 3.93. The predicted octanol–water partition coefficient (Wildman–Crippen LogP) is 2.29. The Bertz CT molecular complexity index is 515. The summed E-state index contributed by atoms with van der Waals surface area (Å²) in [6, 6.07) is 6.01. The number of nitrogens with zero attached hydrogens (tertiary/aromatic N) is 2. The molecule has 6 nitrogen and oxygen atoms in total. The van der Waals surface area contributed by atoms with Crippen molar-refractivity contribution in [2.75, 3.05) is 11.9 Å². The molecule has 102 valence electrons. The van der Waals surface area contributed by atoms with E-state index in [4.69, 9.17) is 5.26 Å². The van der Waals surface area contributed by atoms with E-state index in [2.05, 4.69) is 5.32 Å². The van der Waals surface area contributed by atoms with E-state index in [0.29, 0.717) is 12.2 Å². The third-order valence-electron chi connectivity index (χ3n) is 2.81. The quantitative estimate of drug-likeness (QED) is 0.641. The lowest BCUT2D eigenvalue weighted by Gasteiger charge is -2.26. The van der Waals surface area contributed by atoms with Gasteiger partial charge >= 0.3 is 0 Å². The van der Waals surface area contributed by atoms with Crippen molar-refractivity contribution in [3.05, 3.63) is 33.9 Å². The Morgan fingerprint density at radius 3 is 2.63 bits per heavy atom. The molecule has 19 heavy (non-hydrogen) atoms. The molecule has 1 aromatic rings. The summed E-state index contributed by atoms with van der Waals surface area (Å²) in [6.07, 6.45) is -0.562. The van der Waals surface area contributed by atoms with Gasteiger partial charge in [-0.2, -0.15) is 5.26 Å². The highest BCUT2D eigenvalue weighted by Gasteiger charge is 2.22. The zero-order chi connectivity index (χ0) is 14.6. The molecule has 0 aliphatic rings. The van der Waals surface area contributed by atoms with E-state index in [1.165, 1.54) is 18.2 Å². The summed E-state index contributed by atoms with van der Waals surface area (Å²) in [5.41, 5.74) is 0.0985. The average molecular weight is 263 g/mol. The van der Waals surface area contributed by atoms with Gasteiger partial charge in [0, 0.05) is 18.3 Å². The molecular formula is C13H17N3O3. The fraction of sp³-hybridized carbons (Fsp3) is 0.462. The van der Waals surface area contributed by atoms with Crippen molar-refractivity contribution in [2.45, 2.75) is 26.9 Å². The number of aliphatic hydroxyl groups is 1. The van der Waals surface area contributed by atoms with Crippen LogP contribution < -0.4 is 5.32 Å². The van der Waals surface area contributed by atoms with Gasteiger partial charge in [-0.3, -0.25) is 10.1 Å². The molecule has 2 N–H and O–H groups in total. The maximum absolute atomic E-state index is 10.7. The van der Waals surface area contributed by atoms with Gasteiger partial charge < -0.3 is 10.4 Å². The van der Waals surface area contributed by atoms with Crippen molar-refractivity contribution in [3.63, 3.8) is 0 Å². The van der Waals surface area contributed by atoms with Gasteiger partial charge in [0.05, 0.1) is 11.0 Å². The summed E-state index contributed by atoms with van der Waals surface area (Å²) < 4.78 is 0. The van der Waals surface area contributed by atoms with Crippen molar-refractivity contribution in [1.82, 2.24) is 0 Å². The summed E-state index contributed by atoms with van der Waals surface area (Å²) in [5.74, 6) is 0. The molecule has 0 aliphatic carbocycles. The largest absolute Gasteiger partial charge is 0.391 e. The monoisotopic (exact) mass is 263 g/mol. The minimum absolute atomic E-state index is 0.000230. The first-order valence-corrected chi connectivity index (χ1v) is 5.86. The second-order valence-corrected chi connectivity index (χ2v) is 5.36. The Hall–Kier alpha value is -2.13. The summed E-state index contributed by atoms with van der Waals surface area (Å²) in [6.45, 7) is 6.05. The lowest BCUT2D eigenvalue weighted by atomic mass is 9.89. The van der Waals surface area contributed by atoms with Gasteiger partial charge in [0.1, 0.15) is 11.6 Å². The molecule has 0 spiro atoms. The second kappa shape index (κ2) is 5.67. The number of nitriles is 1. The molecule has 0 aromatic heterocycles. The molecule has 0 saturated heterocycles. The van der Waals surface area contributed by atoms with Crippen molar-refractivity contribution < 1.29 is 10.0 Å². The first-order valence-electron chi connectivity index (χ1n) is 5.86. The van der Waals surface area contributed by atoms with E-state index < -0.39 is 11.0 Å². The van der Waals surface area contributed by atoms with Crippen molar-refractivity contribution in [1.29, 1.82) is 5.26 Å². The minimum atomic E-state index is -0.591. The van der Waals surface area contributed by atoms with Gasteiger partial charge in [-0.1, -0.05) is 20.8 Å². The molecule has 1 aromatic carbocycles. The number of nitrogens with one attached hydrogen (secondary N) is 1. The van der Waals surface area contributed by atoms with Crippen LogP contribution >= 0.6 is 0 Å². The molecule has 0 heterocycles. The average Bonchev–Trinajstić information content (AvgIpc) is 2.33. The maximum atomic E-state index is 10.7. The smallest absolute Gasteiger partial charge is 0.287 e. The van der Waals surface area contributed by atoms with Crippen LogP contribution in [-0.2, 0) is 0 Å². The summed E-state index contributed by atoms with van der Waals surface area (Å²) in [7, 11) is 0. The van der Waals surface area contributed by atoms with Crippen LogP contribution in [-0.4, -0.2) is 22.7 Å². The van der Waals surface area contributed by atoms with Gasteiger partial charge in [-0.25, -0.2) is 0 Å². The number of benzene rings is 1. The summed E-state index contributed by atoms with van der Waals surface area (Å²) >= 11 is 0. The highest BCUT2D eigenvalue weighted by molar-refractivity contribution is 5.58. The fourth-order valence-electron chi connectivity index (χ4n) is 1.42. The van der Waals surface area contributed by atoms with Gasteiger partial charge in [0.2, 0.25) is 0 Å². The van der Waals surface area contributed by atoms with E-state index >= 15 is 0 Å². The van der Waals surface area contributed by atoms with Gasteiger partial charge in [0.15, 0.2) is 0 Å². The molecule has 0 radical (unpaired) electrons. The molecular weight excluding hydrogens is 246 g/mol. The van der Waals surface area contributed by atoms with E-state index in [9.17, 15) is 15.2 Å². The molecule has 0 fully saturated rings. The molecule has 0 saturated carbocycles. The number of hydrogen-bond donors (Lipinski definition) is 2. The Labute approximate surface area is 111 Å². The molecule has 0 amide bonds. The van der Waals surface area contributed by atoms with Crippen LogP contribution in [0.5, 0.6) is 0 Å². The van der Waals surface area contributed by atoms with E-state index in [1.54, 1.807) is 6.07 Å². The molecule has 1 rings (SSSR count). The van der Waals surface area contributed by atoms with Gasteiger partial charge in [-0.05, 0) is 17.5 Å². The molecule has 1 unspecified atom stereocenters. The number of rotatable bonds is 4. The lowest BCUT2D eigenvalue weighted by Crippen LogP contribution is -2.32. The number of hydrogen-bond acceptors (Lipinski definition) is 5. The van der Waals surface area contributed by atoms with Crippen molar-refractivity contribution in [2.24, 2.45) is 5.41 Å². The lowest BCUT2D eigenvalue weighted by molar-refractivity contribution is -0.385. The summed E-state index contributed by atoms with van der Waals surface area (Å²) in [5, 5.41) is 32.4. The van der Waals surface area contributed by atoms with Crippen LogP contribution in [0.2, 0.25) is 0 Å². The highest BCUT2D eigenvalue weighted by atomic mass is 16.6. The standard InChI is InChI=1S/C13H17N3O3/c1-13(2,3)12(17)8-15-10-4-5-11(16(18)19)9(6-10)7-14/h4-6,12,15,17H,8H2,1-3H3. The van der Waals surface area contributed by atoms with E-state index in [-0.39, 0.29) is 16.7 Å². The van der Waals surface area contributed by atoms with Crippen LogP contribution in [0.3, 0.4) is 0 Å². The van der Waals surface area contributed by atoms with Crippen LogP contribution in [0.25, 0.3) is 0 Å². The number of anilines is 1. The fourth-order valence-corrected chi connectivity index (χ4v) is 1.42. The molecule has 0 bridgehead atoms. The Morgan fingerprint density at radius 1 is 1.53 bits per heavy atom. The Balaban J connectivity index is 2.82. The van der Waals surface area contributed by atoms with Crippen LogP contribution in [0, 0.1) is 26.9 Å².